The van der Waals surface area contributed by atoms with Crippen molar-refractivity contribution in [3.8, 4) is 0 Å². The Morgan fingerprint density at radius 3 is 2.75 bits per heavy atom. The second kappa shape index (κ2) is 4.93. The Morgan fingerprint density at radius 2 is 2.00 bits per heavy atom. The summed E-state index contributed by atoms with van der Waals surface area (Å²) in [5.41, 5.74) is 5.14. The van der Waals surface area contributed by atoms with E-state index in [9.17, 15) is 0 Å². The zero-order chi connectivity index (χ0) is 14.2. The standard InChI is InChI=1S/C16H22N4/c1-16(2,3)20-11-15(18-19-20)10-17-14-8-7-12-5-4-6-13(12)9-14/h7-9,11,17H,4-6,10H2,1-3H3. The van der Waals surface area contributed by atoms with Crippen LogP contribution >= 0.6 is 0 Å². The van der Waals surface area contributed by atoms with Crippen molar-refractivity contribution in [2.45, 2.75) is 52.1 Å². The molecular formula is C16H22N4. The van der Waals surface area contributed by atoms with Gasteiger partial charge in [0, 0.05) is 5.69 Å². The average Bonchev–Trinajstić information content (AvgIpc) is 3.04. The highest BCUT2D eigenvalue weighted by Gasteiger charge is 2.15. The lowest BCUT2D eigenvalue weighted by Gasteiger charge is -2.17. The van der Waals surface area contributed by atoms with Crippen molar-refractivity contribution in [1.82, 2.24) is 15.0 Å². The van der Waals surface area contributed by atoms with Crippen molar-refractivity contribution in [2.75, 3.05) is 5.32 Å². The second-order valence-electron chi connectivity index (χ2n) is 6.52. The van der Waals surface area contributed by atoms with Crippen molar-refractivity contribution in [3.63, 3.8) is 0 Å². The zero-order valence-corrected chi connectivity index (χ0v) is 12.5. The van der Waals surface area contributed by atoms with Crippen molar-refractivity contribution < 1.29 is 0 Å². The van der Waals surface area contributed by atoms with E-state index < -0.39 is 0 Å². The molecule has 0 saturated carbocycles. The predicted molar refractivity (Wildman–Crippen MR) is 80.8 cm³/mol. The lowest BCUT2D eigenvalue weighted by molar-refractivity contribution is 0.347. The van der Waals surface area contributed by atoms with Crippen molar-refractivity contribution in [3.05, 3.63) is 41.2 Å². The first-order chi connectivity index (χ1) is 9.52. The third kappa shape index (κ3) is 2.69. The molecule has 0 atom stereocenters. The van der Waals surface area contributed by atoms with E-state index in [-0.39, 0.29) is 5.54 Å². The number of nitrogens with one attached hydrogen (secondary N) is 1. The van der Waals surface area contributed by atoms with E-state index in [0.29, 0.717) is 0 Å². The van der Waals surface area contributed by atoms with Gasteiger partial charge in [-0.2, -0.15) is 0 Å². The third-order valence-electron chi connectivity index (χ3n) is 3.80. The Balaban J connectivity index is 1.66. The van der Waals surface area contributed by atoms with E-state index >= 15 is 0 Å². The monoisotopic (exact) mass is 270 g/mol. The summed E-state index contributed by atoms with van der Waals surface area (Å²) in [6.45, 7) is 7.09. The lowest BCUT2D eigenvalue weighted by Crippen LogP contribution is -2.22. The fourth-order valence-electron chi connectivity index (χ4n) is 2.58. The molecule has 4 heteroatoms. The highest BCUT2D eigenvalue weighted by atomic mass is 15.4. The Hall–Kier alpha value is -1.84. The van der Waals surface area contributed by atoms with E-state index in [2.05, 4.69) is 54.6 Å². The van der Waals surface area contributed by atoms with E-state index in [1.54, 1.807) is 0 Å². The molecule has 0 spiro atoms. The molecule has 0 aliphatic heterocycles. The maximum Gasteiger partial charge on any atom is 0.102 e. The summed E-state index contributed by atoms with van der Waals surface area (Å²) in [7, 11) is 0. The summed E-state index contributed by atoms with van der Waals surface area (Å²) in [5, 5.41) is 11.8. The minimum atomic E-state index is -0.0151. The summed E-state index contributed by atoms with van der Waals surface area (Å²) in [6.07, 6.45) is 5.75. The number of aromatic nitrogens is 3. The van der Waals surface area contributed by atoms with Crippen LogP contribution in [-0.4, -0.2) is 15.0 Å². The van der Waals surface area contributed by atoms with Gasteiger partial charge in [0.25, 0.3) is 0 Å². The molecule has 1 aliphatic carbocycles. The Kier molecular flexibility index (Phi) is 3.24. The minimum absolute atomic E-state index is 0.0151. The van der Waals surface area contributed by atoms with Gasteiger partial charge in [0.2, 0.25) is 0 Å². The van der Waals surface area contributed by atoms with Crippen LogP contribution in [0.2, 0.25) is 0 Å². The number of fused-ring (bicyclic) bond motifs is 1. The van der Waals surface area contributed by atoms with Crippen molar-refractivity contribution >= 4 is 5.69 Å². The van der Waals surface area contributed by atoms with Gasteiger partial charge in [0.15, 0.2) is 0 Å². The van der Waals surface area contributed by atoms with Crippen LogP contribution in [0.1, 0.15) is 44.0 Å². The Morgan fingerprint density at radius 1 is 1.20 bits per heavy atom. The molecule has 1 aromatic carbocycles. The topological polar surface area (TPSA) is 42.7 Å². The van der Waals surface area contributed by atoms with E-state index in [1.165, 1.54) is 36.1 Å². The van der Waals surface area contributed by atoms with Gasteiger partial charge in [-0.25, -0.2) is 4.68 Å². The van der Waals surface area contributed by atoms with Crippen LogP contribution in [-0.2, 0) is 24.9 Å². The predicted octanol–water partition coefficient (Wildman–Crippen LogP) is 3.13. The van der Waals surface area contributed by atoms with Crippen LogP contribution in [0.15, 0.2) is 24.4 Å². The van der Waals surface area contributed by atoms with Gasteiger partial charge in [-0.05, 0) is 63.3 Å². The smallest absolute Gasteiger partial charge is 0.102 e. The Labute approximate surface area is 120 Å². The molecule has 1 N–H and O–H groups in total. The molecule has 1 aliphatic rings. The van der Waals surface area contributed by atoms with Crippen LogP contribution in [0.5, 0.6) is 0 Å². The molecule has 1 heterocycles. The molecule has 4 nitrogen and oxygen atoms in total. The molecule has 0 bridgehead atoms. The molecule has 0 unspecified atom stereocenters. The molecular weight excluding hydrogens is 248 g/mol. The number of aryl methyl sites for hydroxylation is 2. The van der Waals surface area contributed by atoms with Gasteiger partial charge in [-0.1, -0.05) is 11.3 Å². The summed E-state index contributed by atoms with van der Waals surface area (Å²) in [6, 6.07) is 6.69. The van der Waals surface area contributed by atoms with Crippen molar-refractivity contribution in [1.29, 1.82) is 0 Å². The van der Waals surface area contributed by atoms with Crippen LogP contribution in [0.3, 0.4) is 0 Å². The normalized spacial score (nSPS) is 14.3. The minimum Gasteiger partial charge on any atom is -0.379 e. The molecule has 0 fully saturated rings. The molecule has 0 saturated heterocycles. The highest BCUT2D eigenvalue weighted by molar-refractivity contribution is 5.50. The SMILES string of the molecule is CC(C)(C)n1cc(CNc2ccc3c(c2)CCC3)nn1. The molecule has 0 amide bonds. The fourth-order valence-corrected chi connectivity index (χ4v) is 2.58. The highest BCUT2D eigenvalue weighted by Crippen LogP contribution is 2.25. The maximum absolute atomic E-state index is 4.22. The molecule has 1 aromatic heterocycles. The van der Waals surface area contributed by atoms with Gasteiger partial charge in [0.1, 0.15) is 5.69 Å². The molecule has 0 radical (unpaired) electrons. The van der Waals surface area contributed by atoms with E-state index in [1.807, 2.05) is 10.9 Å². The van der Waals surface area contributed by atoms with Crippen LogP contribution in [0.4, 0.5) is 5.69 Å². The van der Waals surface area contributed by atoms with Crippen LogP contribution in [0, 0.1) is 0 Å². The Bertz CT molecular complexity index is 607. The van der Waals surface area contributed by atoms with Gasteiger partial charge < -0.3 is 5.32 Å². The largest absolute Gasteiger partial charge is 0.379 e. The number of benzene rings is 1. The zero-order valence-electron chi connectivity index (χ0n) is 12.5. The molecule has 106 valence electrons. The van der Waals surface area contributed by atoms with E-state index in [4.69, 9.17) is 0 Å². The first-order valence-corrected chi connectivity index (χ1v) is 7.30. The second-order valence-corrected chi connectivity index (χ2v) is 6.52. The quantitative estimate of drug-likeness (QED) is 0.931. The van der Waals surface area contributed by atoms with Crippen LogP contribution in [0.25, 0.3) is 0 Å². The van der Waals surface area contributed by atoms with Gasteiger partial charge >= 0.3 is 0 Å². The number of hydrogen-bond donors (Lipinski definition) is 1. The molecule has 3 rings (SSSR count). The van der Waals surface area contributed by atoms with Crippen LogP contribution < -0.4 is 5.32 Å². The maximum atomic E-state index is 4.22. The summed E-state index contributed by atoms with van der Waals surface area (Å²) >= 11 is 0. The van der Waals surface area contributed by atoms with Gasteiger partial charge in [0.05, 0.1) is 18.3 Å². The number of nitrogens with zero attached hydrogens (tertiary/aromatic N) is 3. The summed E-state index contributed by atoms with van der Waals surface area (Å²) in [5.74, 6) is 0. The third-order valence-corrected chi connectivity index (χ3v) is 3.80. The molecule has 20 heavy (non-hydrogen) atoms. The number of hydrogen-bond acceptors (Lipinski definition) is 3. The summed E-state index contributed by atoms with van der Waals surface area (Å²) in [4.78, 5) is 0. The lowest BCUT2D eigenvalue weighted by atomic mass is 10.1. The number of anilines is 1. The van der Waals surface area contributed by atoms with Gasteiger partial charge in [-0.3, -0.25) is 0 Å². The first kappa shape index (κ1) is 13.2. The fraction of sp³-hybridized carbons (Fsp3) is 0.500. The first-order valence-electron chi connectivity index (χ1n) is 7.30. The number of rotatable bonds is 3. The van der Waals surface area contributed by atoms with Crippen molar-refractivity contribution in [2.24, 2.45) is 0 Å². The molecule has 2 aromatic rings. The summed E-state index contributed by atoms with van der Waals surface area (Å²) < 4.78 is 1.91. The average molecular weight is 270 g/mol. The van der Waals surface area contributed by atoms with E-state index in [0.717, 1.165) is 12.2 Å². The van der Waals surface area contributed by atoms with Gasteiger partial charge in [-0.15, -0.1) is 5.10 Å².